The number of fused-ring (bicyclic) bond motifs is 1. The van der Waals surface area contributed by atoms with Crippen LogP contribution in [-0.4, -0.2) is 27.3 Å². The Hall–Kier alpha value is -0.390. The molecule has 2 heterocycles. The average Bonchev–Trinajstić information content (AvgIpc) is 2.62. The highest BCUT2D eigenvalue weighted by molar-refractivity contribution is 7.93. The third-order valence-electron chi connectivity index (χ3n) is 3.02. The van der Waals surface area contributed by atoms with E-state index in [2.05, 4.69) is 12.2 Å². The molecule has 0 saturated carbocycles. The second-order valence-electron chi connectivity index (χ2n) is 4.20. The van der Waals surface area contributed by atoms with Gasteiger partial charge in [-0.15, -0.1) is 11.3 Å². The van der Waals surface area contributed by atoms with Crippen LogP contribution in [0.25, 0.3) is 0 Å². The van der Waals surface area contributed by atoms with Gasteiger partial charge in [0.25, 0.3) is 0 Å². The molecule has 0 spiro atoms. The monoisotopic (exact) mass is 259 g/mol. The predicted octanol–water partition coefficient (Wildman–Crippen LogP) is 1.79. The molecule has 0 bridgehead atoms. The average molecular weight is 259 g/mol. The van der Waals surface area contributed by atoms with Crippen LogP contribution >= 0.6 is 11.3 Å². The predicted molar refractivity (Wildman–Crippen MR) is 67.0 cm³/mol. The van der Waals surface area contributed by atoms with Gasteiger partial charge in [0.15, 0.2) is 9.84 Å². The van der Waals surface area contributed by atoms with Crippen LogP contribution in [0.15, 0.2) is 10.3 Å². The van der Waals surface area contributed by atoms with E-state index in [9.17, 15) is 8.42 Å². The maximum Gasteiger partial charge on any atom is 0.187 e. The molecule has 0 amide bonds. The molecule has 0 radical (unpaired) electrons. The van der Waals surface area contributed by atoms with Gasteiger partial charge >= 0.3 is 0 Å². The topological polar surface area (TPSA) is 46.2 Å². The van der Waals surface area contributed by atoms with E-state index in [-0.39, 0.29) is 5.75 Å². The Morgan fingerprint density at radius 1 is 1.56 bits per heavy atom. The summed E-state index contributed by atoms with van der Waals surface area (Å²) in [6.07, 6.45) is 0.948. The van der Waals surface area contributed by atoms with Gasteiger partial charge in [-0.3, -0.25) is 0 Å². The summed E-state index contributed by atoms with van der Waals surface area (Å²) in [6.45, 7) is 5.73. The van der Waals surface area contributed by atoms with Gasteiger partial charge in [-0.05, 0) is 30.5 Å². The van der Waals surface area contributed by atoms with E-state index in [1.807, 2.05) is 6.07 Å². The third-order valence-corrected chi connectivity index (χ3v) is 6.52. The lowest BCUT2D eigenvalue weighted by Gasteiger charge is -2.07. The van der Waals surface area contributed by atoms with Crippen molar-refractivity contribution < 1.29 is 8.42 Å². The zero-order chi connectivity index (χ0) is 11.8. The van der Waals surface area contributed by atoms with Gasteiger partial charge in [0.05, 0.1) is 5.75 Å². The minimum atomic E-state index is -3.03. The van der Waals surface area contributed by atoms with Gasteiger partial charge in [0.1, 0.15) is 4.21 Å². The third kappa shape index (κ3) is 2.17. The number of rotatable bonds is 2. The molecule has 1 aromatic rings. The van der Waals surface area contributed by atoms with Gasteiger partial charge in [-0.2, -0.15) is 0 Å². The van der Waals surface area contributed by atoms with E-state index >= 15 is 0 Å². The lowest BCUT2D eigenvalue weighted by molar-refractivity contribution is 0.599. The SMILES string of the molecule is CCS(=O)(=O)c1cc2c(s1)CCNCC2C. The summed E-state index contributed by atoms with van der Waals surface area (Å²) in [6, 6.07) is 1.89. The molecular formula is C11H17NO2S2. The fourth-order valence-electron chi connectivity index (χ4n) is 1.96. The van der Waals surface area contributed by atoms with Crippen molar-refractivity contribution in [3.63, 3.8) is 0 Å². The van der Waals surface area contributed by atoms with Crippen molar-refractivity contribution in [1.82, 2.24) is 5.32 Å². The fourth-order valence-corrected chi connectivity index (χ4v) is 4.72. The molecule has 1 aromatic heterocycles. The first-order chi connectivity index (χ1) is 7.54. The molecule has 0 aliphatic carbocycles. The first kappa shape index (κ1) is 12.1. The zero-order valence-electron chi connectivity index (χ0n) is 9.62. The smallest absolute Gasteiger partial charge is 0.187 e. The van der Waals surface area contributed by atoms with Crippen LogP contribution in [0.3, 0.4) is 0 Å². The lowest BCUT2D eigenvalue weighted by atomic mass is 10.0. The normalized spacial score (nSPS) is 21.5. The number of sulfone groups is 1. The first-order valence-corrected chi connectivity index (χ1v) is 8.07. The maximum atomic E-state index is 11.8. The molecule has 0 fully saturated rings. The van der Waals surface area contributed by atoms with E-state index < -0.39 is 9.84 Å². The summed E-state index contributed by atoms with van der Waals surface area (Å²) < 4.78 is 24.2. The van der Waals surface area contributed by atoms with E-state index in [1.165, 1.54) is 21.8 Å². The van der Waals surface area contributed by atoms with Crippen LogP contribution in [0.2, 0.25) is 0 Å². The summed E-state index contributed by atoms with van der Waals surface area (Å²) in [5.41, 5.74) is 1.22. The number of hydrogen-bond donors (Lipinski definition) is 1. The standard InChI is InChI=1S/C11H17NO2S2/c1-3-16(13,14)11-6-9-8(2)7-12-5-4-10(9)15-11/h6,8,12H,3-5,7H2,1-2H3. The highest BCUT2D eigenvalue weighted by atomic mass is 32.2. The Labute approximate surface area is 101 Å². The lowest BCUT2D eigenvalue weighted by Crippen LogP contribution is -2.18. The largest absolute Gasteiger partial charge is 0.316 e. The highest BCUT2D eigenvalue weighted by Gasteiger charge is 2.22. The van der Waals surface area contributed by atoms with Crippen molar-refractivity contribution in [2.24, 2.45) is 0 Å². The van der Waals surface area contributed by atoms with Crippen molar-refractivity contribution in [3.8, 4) is 0 Å². The Bertz CT molecular complexity index is 476. The van der Waals surface area contributed by atoms with Crippen LogP contribution in [-0.2, 0) is 16.3 Å². The van der Waals surface area contributed by atoms with E-state index in [0.29, 0.717) is 10.1 Å². The van der Waals surface area contributed by atoms with E-state index in [1.54, 1.807) is 6.92 Å². The molecule has 5 heteroatoms. The van der Waals surface area contributed by atoms with Gasteiger partial charge in [0, 0.05) is 11.4 Å². The van der Waals surface area contributed by atoms with Crippen molar-refractivity contribution in [1.29, 1.82) is 0 Å². The van der Waals surface area contributed by atoms with Gasteiger partial charge < -0.3 is 5.32 Å². The summed E-state index contributed by atoms with van der Waals surface area (Å²) in [4.78, 5) is 1.24. The summed E-state index contributed by atoms with van der Waals surface area (Å²) in [5.74, 6) is 0.605. The molecule has 1 unspecified atom stereocenters. The molecule has 1 aliphatic heterocycles. The highest BCUT2D eigenvalue weighted by Crippen LogP contribution is 2.33. The summed E-state index contributed by atoms with van der Waals surface area (Å²) in [7, 11) is -3.03. The molecule has 1 N–H and O–H groups in total. The van der Waals surface area contributed by atoms with Gasteiger partial charge in [0.2, 0.25) is 0 Å². The molecule has 16 heavy (non-hydrogen) atoms. The quantitative estimate of drug-likeness (QED) is 0.881. The second-order valence-corrected chi connectivity index (χ2v) is 7.84. The molecule has 1 atom stereocenters. The van der Waals surface area contributed by atoms with Crippen LogP contribution in [0, 0.1) is 0 Å². The Morgan fingerprint density at radius 2 is 2.31 bits per heavy atom. The number of thiophene rings is 1. The minimum absolute atomic E-state index is 0.193. The molecule has 3 nitrogen and oxygen atoms in total. The van der Waals surface area contributed by atoms with Crippen LogP contribution in [0.5, 0.6) is 0 Å². The van der Waals surface area contributed by atoms with Crippen LogP contribution in [0.4, 0.5) is 0 Å². The molecular weight excluding hydrogens is 242 g/mol. The number of hydrogen-bond acceptors (Lipinski definition) is 4. The number of nitrogens with one attached hydrogen (secondary N) is 1. The van der Waals surface area contributed by atoms with Crippen molar-refractivity contribution >= 4 is 21.2 Å². The Kier molecular flexibility index (Phi) is 3.37. The van der Waals surface area contributed by atoms with Crippen molar-refractivity contribution in [3.05, 3.63) is 16.5 Å². The summed E-state index contributed by atoms with van der Waals surface area (Å²) >= 11 is 1.46. The molecule has 1 aliphatic rings. The second kappa shape index (κ2) is 4.47. The van der Waals surface area contributed by atoms with Crippen molar-refractivity contribution in [2.75, 3.05) is 18.8 Å². The maximum absolute atomic E-state index is 11.8. The molecule has 2 rings (SSSR count). The molecule has 90 valence electrons. The molecule has 0 saturated heterocycles. The van der Waals surface area contributed by atoms with E-state index in [4.69, 9.17) is 0 Å². The minimum Gasteiger partial charge on any atom is -0.316 e. The van der Waals surface area contributed by atoms with E-state index in [0.717, 1.165) is 19.5 Å². The van der Waals surface area contributed by atoms with Crippen LogP contribution < -0.4 is 5.32 Å². The Balaban J connectivity index is 2.44. The van der Waals surface area contributed by atoms with Gasteiger partial charge in [-0.1, -0.05) is 13.8 Å². The summed E-state index contributed by atoms with van der Waals surface area (Å²) in [5, 5.41) is 3.36. The first-order valence-electron chi connectivity index (χ1n) is 5.60. The van der Waals surface area contributed by atoms with Crippen LogP contribution in [0.1, 0.15) is 30.2 Å². The van der Waals surface area contributed by atoms with Gasteiger partial charge in [-0.25, -0.2) is 8.42 Å². The Morgan fingerprint density at radius 3 is 3.00 bits per heavy atom. The zero-order valence-corrected chi connectivity index (χ0v) is 11.2. The fraction of sp³-hybridized carbons (Fsp3) is 0.636. The van der Waals surface area contributed by atoms with Crippen molar-refractivity contribution in [2.45, 2.75) is 30.4 Å². The molecule has 0 aromatic carbocycles.